The van der Waals surface area contributed by atoms with Crippen molar-refractivity contribution in [3.05, 3.63) is 23.3 Å². The first-order valence-corrected chi connectivity index (χ1v) is 12.6. The van der Waals surface area contributed by atoms with Crippen LogP contribution in [0.5, 0.6) is 0 Å². The maximum Gasteiger partial charge on any atom is 0.0652 e. The molecule has 3 fully saturated rings. The van der Waals surface area contributed by atoms with Crippen molar-refractivity contribution in [2.24, 2.45) is 29.1 Å². The minimum absolute atomic E-state index is 0.0612. The highest BCUT2D eigenvalue weighted by Gasteiger charge is 2.50. The Balaban J connectivity index is 1.71. The zero-order chi connectivity index (χ0) is 22.8. The molecule has 0 aromatic carbocycles. The molecule has 0 aromatic rings. The normalized spacial score (nSPS) is 40.3. The van der Waals surface area contributed by atoms with E-state index in [1.807, 2.05) is 13.8 Å². The highest BCUT2D eigenvalue weighted by atomic mass is 16.3. The quantitative estimate of drug-likeness (QED) is 0.466. The van der Waals surface area contributed by atoms with Gasteiger partial charge in [0.05, 0.1) is 24.4 Å². The molecule has 3 rings (SSSR count). The van der Waals surface area contributed by atoms with E-state index in [-0.39, 0.29) is 12.5 Å². The maximum atomic E-state index is 10.3. The Morgan fingerprint density at radius 3 is 2.55 bits per heavy atom. The Kier molecular flexibility index (Phi) is 8.11. The molecule has 0 spiro atoms. The molecule has 3 saturated carbocycles. The van der Waals surface area contributed by atoms with Crippen LogP contribution < -0.4 is 0 Å². The summed E-state index contributed by atoms with van der Waals surface area (Å²) in [5.74, 6) is 1.78. The number of fused-ring (bicyclic) bond motifs is 1. The lowest BCUT2D eigenvalue weighted by Crippen LogP contribution is -2.36. The molecule has 4 N–H and O–H groups in total. The molecule has 3 aliphatic rings. The molecule has 7 atom stereocenters. The fraction of sp³-hybridized carbons (Fsp3) is 0.852. The summed E-state index contributed by atoms with van der Waals surface area (Å²) in [5, 5.41) is 40.1. The van der Waals surface area contributed by atoms with Crippen molar-refractivity contribution in [1.29, 1.82) is 0 Å². The van der Waals surface area contributed by atoms with E-state index in [2.05, 4.69) is 26.0 Å². The molecule has 0 aliphatic heterocycles. The first-order valence-electron chi connectivity index (χ1n) is 12.6. The third kappa shape index (κ3) is 5.82. The zero-order valence-corrected chi connectivity index (χ0v) is 20.2. The van der Waals surface area contributed by atoms with Crippen LogP contribution in [0.2, 0.25) is 0 Å². The largest absolute Gasteiger partial charge is 0.396 e. The molecular weight excluding hydrogens is 388 g/mol. The third-order valence-electron chi connectivity index (χ3n) is 8.81. The first-order chi connectivity index (χ1) is 14.5. The van der Waals surface area contributed by atoms with E-state index in [1.165, 1.54) is 37.7 Å². The molecule has 4 heteroatoms. The van der Waals surface area contributed by atoms with Gasteiger partial charge in [-0.1, -0.05) is 50.0 Å². The predicted octanol–water partition coefficient (Wildman–Crippen LogP) is 4.76. The van der Waals surface area contributed by atoms with Crippen LogP contribution in [0.15, 0.2) is 23.3 Å². The Morgan fingerprint density at radius 1 is 1.16 bits per heavy atom. The molecule has 4 nitrogen and oxygen atoms in total. The fourth-order valence-corrected chi connectivity index (χ4v) is 7.11. The van der Waals surface area contributed by atoms with Gasteiger partial charge in [-0.15, -0.1) is 0 Å². The van der Waals surface area contributed by atoms with E-state index in [0.717, 1.165) is 30.8 Å². The van der Waals surface area contributed by atoms with Crippen LogP contribution in [0, 0.1) is 29.1 Å². The fourth-order valence-electron chi connectivity index (χ4n) is 7.11. The van der Waals surface area contributed by atoms with Gasteiger partial charge in [0.25, 0.3) is 0 Å². The summed E-state index contributed by atoms with van der Waals surface area (Å²) in [6, 6.07) is 0. The average molecular weight is 435 g/mol. The molecule has 0 radical (unpaired) electrons. The van der Waals surface area contributed by atoms with Gasteiger partial charge in [-0.05, 0) is 82.0 Å². The predicted molar refractivity (Wildman–Crippen MR) is 125 cm³/mol. The summed E-state index contributed by atoms with van der Waals surface area (Å²) >= 11 is 0. The van der Waals surface area contributed by atoms with Crippen molar-refractivity contribution in [2.75, 3.05) is 6.61 Å². The van der Waals surface area contributed by atoms with E-state index in [4.69, 9.17) is 0 Å². The van der Waals surface area contributed by atoms with Gasteiger partial charge in [0.1, 0.15) is 0 Å². The zero-order valence-electron chi connectivity index (χ0n) is 20.2. The van der Waals surface area contributed by atoms with Crippen molar-refractivity contribution < 1.29 is 20.4 Å². The standard InChI is InChI=1S/C27H46O4/c1-18(7-5-13-26(2,3)31)23-11-12-24-19(8-6-14-27(23,24)4)9-10-20-15-21(29)16-25(30)22(20)17-28/h9-10,18,21-25,28-31H,5-8,11-17H2,1-4H3/b19-9+,20-10-/t18-,21-,22+,23-,24+,25+,27-/m1/s1. The molecule has 0 amide bonds. The van der Waals surface area contributed by atoms with Crippen molar-refractivity contribution in [3.63, 3.8) is 0 Å². The van der Waals surface area contributed by atoms with Gasteiger partial charge in [0.15, 0.2) is 0 Å². The molecule has 0 saturated heterocycles. The van der Waals surface area contributed by atoms with Gasteiger partial charge in [0.2, 0.25) is 0 Å². The van der Waals surface area contributed by atoms with Gasteiger partial charge in [0, 0.05) is 12.3 Å². The van der Waals surface area contributed by atoms with Gasteiger partial charge in [-0.2, -0.15) is 0 Å². The Hall–Kier alpha value is -0.680. The van der Waals surface area contributed by atoms with Crippen LogP contribution in [0.4, 0.5) is 0 Å². The molecular formula is C27H46O4. The summed E-state index contributed by atoms with van der Waals surface area (Å²) in [4.78, 5) is 0. The van der Waals surface area contributed by atoms with Crippen molar-refractivity contribution in [1.82, 2.24) is 0 Å². The monoisotopic (exact) mass is 434 g/mol. The van der Waals surface area contributed by atoms with Crippen LogP contribution in [-0.2, 0) is 0 Å². The van der Waals surface area contributed by atoms with Crippen LogP contribution in [0.1, 0.15) is 91.9 Å². The SMILES string of the molecule is C[C@H](CCCC(C)(C)O)[C@H]1CC[C@H]2/C(=C/C=C3/C[C@@H](O)C[C@H](O)[C@H]3CO)CCC[C@]12C. The summed E-state index contributed by atoms with van der Waals surface area (Å²) in [6.45, 7) is 8.67. The highest BCUT2D eigenvalue weighted by molar-refractivity contribution is 5.27. The topological polar surface area (TPSA) is 80.9 Å². The lowest BCUT2D eigenvalue weighted by molar-refractivity contribution is 0.0102. The number of rotatable bonds is 7. The van der Waals surface area contributed by atoms with Crippen LogP contribution in [-0.4, -0.2) is 44.8 Å². The average Bonchev–Trinajstić information content (AvgIpc) is 3.02. The van der Waals surface area contributed by atoms with Crippen molar-refractivity contribution in [3.8, 4) is 0 Å². The Morgan fingerprint density at radius 2 is 1.87 bits per heavy atom. The Labute approximate surface area is 189 Å². The van der Waals surface area contributed by atoms with Gasteiger partial charge in [-0.25, -0.2) is 0 Å². The summed E-state index contributed by atoms with van der Waals surface area (Å²) in [5.41, 5.74) is 2.29. The van der Waals surface area contributed by atoms with Gasteiger partial charge >= 0.3 is 0 Å². The van der Waals surface area contributed by atoms with Crippen molar-refractivity contribution >= 4 is 0 Å². The van der Waals surface area contributed by atoms with E-state index >= 15 is 0 Å². The number of aliphatic hydroxyl groups is 4. The van der Waals surface area contributed by atoms with E-state index in [0.29, 0.717) is 30.1 Å². The minimum atomic E-state index is -0.657. The molecule has 31 heavy (non-hydrogen) atoms. The molecule has 3 aliphatic carbocycles. The van der Waals surface area contributed by atoms with E-state index in [9.17, 15) is 20.4 Å². The second kappa shape index (κ2) is 10.1. The first kappa shape index (κ1) is 25.0. The summed E-state index contributed by atoms with van der Waals surface area (Å²) in [7, 11) is 0. The summed E-state index contributed by atoms with van der Waals surface area (Å²) < 4.78 is 0. The van der Waals surface area contributed by atoms with Crippen LogP contribution in [0.25, 0.3) is 0 Å². The van der Waals surface area contributed by atoms with Gasteiger partial charge in [-0.3, -0.25) is 0 Å². The molecule has 0 bridgehead atoms. The lowest BCUT2D eigenvalue weighted by Gasteiger charge is -2.44. The molecule has 0 unspecified atom stereocenters. The van der Waals surface area contributed by atoms with Crippen LogP contribution in [0.3, 0.4) is 0 Å². The summed E-state index contributed by atoms with van der Waals surface area (Å²) in [6.07, 6.45) is 13.4. The number of hydrogen-bond donors (Lipinski definition) is 4. The van der Waals surface area contributed by atoms with E-state index in [1.54, 1.807) is 0 Å². The van der Waals surface area contributed by atoms with E-state index < -0.39 is 17.8 Å². The lowest BCUT2D eigenvalue weighted by atomic mass is 9.60. The smallest absolute Gasteiger partial charge is 0.0652 e. The molecule has 0 aromatic heterocycles. The van der Waals surface area contributed by atoms with Crippen LogP contribution >= 0.6 is 0 Å². The number of hydrogen-bond acceptors (Lipinski definition) is 4. The third-order valence-corrected chi connectivity index (χ3v) is 8.81. The highest BCUT2D eigenvalue weighted by Crippen LogP contribution is 2.60. The van der Waals surface area contributed by atoms with Crippen molar-refractivity contribution in [2.45, 2.75) is 110 Å². The molecule has 178 valence electrons. The second-order valence-corrected chi connectivity index (χ2v) is 11.7. The Bertz CT molecular complexity index is 661. The number of aliphatic hydroxyl groups excluding tert-OH is 3. The number of allylic oxidation sites excluding steroid dienone is 3. The van der Waals surface area contributed by atoms with Gasteiger partial charge < -0.3 is 20.4 Å². The minimum Gasteiger partial charge on any atom is -0.396 e. The molecule has 0 heterocycles. The maximum absolute atomic E-state index is 10.3. The second-order valence-electron chi connectivity index (χ2n) is 11.7.